The SMILES string of the molecule is C=CCOC(=O)CCCc1ccc(N(CCO)CCO)cc1. The van der Waals surface area contributed by atoms with Crippen molar-refractivity contribution >= 4 is 11.7 Å². The second-order valence-corrected chi connectivity index (χ2v) is 4.93. The van der Waals surface area contributed by atoms with Crippen LogP contribution < -0.4 is 4.90 Å². The van der Waals surface area contributed by atoms with Crippen LogP contribution in [-0.2, 0) is 16.0 Å². The Labute approximate surface area is 131 Å². The van der Waals surface area contributed by atoms with Gasteiger partial charge in [-0.1, -0.05) is 24.8 Å². The average molecular weight is 307 g/mol. The standard InChI is InChI=1S/C17H25NO4/c1-2-14-22-17(21)5-3-4-15-6-8-16(9-7-15)18(10-12-19)11-13-20/h2,6-9,19-20H,1,3-5,10-14H2. The summed E-state index contributed by atoms with van der Waals surface area (Å²) in [5.74, 6) is -0.200. The van der Waals surface area contributed by atoms with Crippen LogP contribution >= 0.6 is 0 Å². The third-order valence-corrected chi connectivity index (χ3v) is 3.25. The number of ether oxygens (including phenoxy) is 1. The Kier molecular flexibility index (Phi) is 8.95. The predicted molar refractivity (Wildman–Crippen MR) is 86.9 cm³/mol. The molecule has 0 aliphatic carbocycles. The number of nitrogens with zero attached hydrogens (tertiary/aromatic N) is 1. The van der Waals surface area contributed by atoms with E-state index < -0.39 is 0 Å². The molecule has 1 aromatic rings. The van der Waals surface area contributed by atoms with E-state index in [1.165, 1.54) is 0 Å². The molecule has 0 heterocycles. The number of hydrogen-bond donors (Lipinski definition) is 2. The van der Waals surface area contributed by atoms with Gasteiger partial charge < -0.3 is 19.8 Å². The minimum atomic E-state index is -0.200. The molecule has 0 fully saturated rings. The molecule has 0 radical (unpaired) electrons. The highest BCUT2D eigenvalue weighted by atomic mass is 16.5. The van der Waals surface area contributed by atoms with Crippen molar-refractivity contribution in [3.05, 3.63) is 42.5 Å². The lowest BCUT2D eigenvalue weighted by Crippen LogP contribution is -2.29. The smallest absolute Gasteiger partial charge is 0.306 e. The first-order valence-corrected chi connectivity index (χ1v) is 7.53. The predicted octanol–water partition coefficient (Wildman–Crippen LogP) is 1.53. The van der Waals surface area contributed by atoms with E-state index in [9.17, 15) is 4.79 Å². The van der Waals surface area contributed by atoms with Crippen LogP contribution in [0, 0.1) is 0 Å². The number of aliphatic hydroxyl groups is 2. The molecule has 0 saturated carbocycles. The Morgan fingerprint density at radius 1 is 1.18 bits per heavy atom. The monoisotopic (exact) mass is 307 g/mol. The van der Waals surface area contributed by atoms with Crippen molar-refractivity contribution in [2.24, 2.45) is 0 Å². The lowest BCUT2D eigenvalue weighted by atomic mass is 10.1. The summed E-state index contributed by atoms with van der Waals surface area (Å²) in [4.78, 5) is 13.3. The second kappa shape index (κ2) is 10.8. The molecule has 0 aromatic heterocycles. The first kappa shape index (κ1) is 18.2. The third kappa shape index (κ3) is 6.74. The van der Waals surface area contributed by atoms with Crippen LogP contribution in [0.3, 0.4) is 0 Å². The van der Waals surface area contributed by atoms with E-state index in [0.29, 0.717) is 19.5 Å². The molecule has 0 atom stereocenters. The molecular weight excluding hydrogens is 282 g/mol. The molecule has 0 bridgehead atoms. The Morgan fingerprint density at radius 2 is 1.82 bits per heavy atom. The summed E-state index contributed by atoms with van der Waals surface area (Å²) in [6, 6.07) is 7.95. The summed E-state index contributed by atoms with van der Waals surface area (Å²) >= 11 is 0. The highest BCUT2D eigenvalue weighted by Crippen LogP contribution is 2.16. The fraction of sp³-hybridized carbons (Fsp3) is 0.471. The van der Waals surface area contributed by atoms with Crippen molar-refractivity contribution in [3.8, 4) is 0 Å². The minimum Gasteiger partial charge on any atom is -0.461 e. The van der Waals surface area contributed by atoms with Crippen LogP contribution in [-0.4, -0.2) is 49.1 Å². The highest BCUT2D eigenvalue weighted by molar-refractivity contribution is 5.69. The van der Waals surface area contributed by atoms with E-state index in [0.717, 1.165) is 24.1 Å². The van der Waals surface area contributed by atoms with E-state index in [4.69, 9.17) is 14.9 Å². The molecular formula is C17H25NO4. The maximum atomic E-state index is 11.4. The number of hydrogen-bond acceptors (Lipinski definition) is 5. The number of benzene rings is 1. The van der Waals surface area contributed by atoms with Gasteiger partial charge in [-0.15, -0.1) is 0 Å². The average Bonchev–Trinajstić information content (AvgIpc) is 2.53. The minimum absolute atomic E-state index is 0.0502. The molecule has 1 aromatic carbocycles. The molecule has 0 unspecified atom stereocenters. The van der Waals surface area contributed by atoms with Gasteiger partial charge in [0.2, 0.25) is 0 Å². The van der Waals surface area contributed by atoms with E-state index in [2.05, 4.69) is 6.58 Å². The molecule has 22 heavy (non-hydrogen) atoms. The molecule has 0 aliphatic heterocycles. The van der Waals surface area contributed by atoms with Crippen molar-refractivity contribution in [3.63, 3.8) is 0 Å². The molecule has 2 N–H and O–H groups in total. The first-order chi connectivity index (χ1) is 10.7. The topological polar surface area (TPSA) is 70.0 Å². The van der Waals surface area contributed by atoms with Crippen LogP contribution in [0.25, 0.3) is 0 Å². The number of carbonyl (C=O) groups excluding carboxylic acids is 1. The molecule has 0 aliphatic rings. The van der Waals surface area contributed by atoms with Gasteiger partial charge in [0.25, 0.3) is 0 Å². The van der Waals surface area contributed by atoms with Gasteiger partial charge in [0.05, 0.1) is 13.2 Å². The fourth-order valence-electron chi connectivity index (χ4n) is 2.15. The third-order valence-electron chi connectivity index (χ3n) is 3.25. The lowest BCUT2D eigenvalue weighted by Gasteiger charge is -2.23. The largest absolute Gasteiger partial charge is 0.461 e. The molecule has 0 spiro atoms. The zero-order valence-corrected chi connectivity index (χ0v) is 12.9. The Balaban J connectivity index is 2.43. The van der Waals surface area contributed by atoms with Gasteiger partial charge >= 0.3 is 5.97 Å². The van der Waals surface area contributed by atoms with Crippen molar-refractivity contribution in [1.82, 2.24) is 0 Å². The van der Waals surface area contributed by atoms with Gasteiger partial charge in [-0.25, -0.2) is 0 Å². The van der Waals surface area contributed by atoms with Gasteiger partial charge in [-0.3, -0.25) is 4.79 Å². The van der Waals surface area contributed by atoms with Crippen LogP contribution in [0.15, 0.2) is 36.9 Å². The zero-order valence-electron chi connectivity index (χ0n) is 12.9. The number of rotatable bonds is 11. The van der Waals surface area contributed by atoms with Gasteiger partial charge in [-0.05, 0) is 30.5 Å². The molecule has 0 amide bonds. The van der Waals surface area contributed by atoms with E-state index >= 15 is 0 Å². The van der Waals surface area contributed by atoms with Crippen molar-refractivity contribution in [2.45, 2.75) is 19.3 Å². The van der Waals surface area contributed by atoms with Gasteiger partial charge in [0.1, 0.15) is 6.61 Å². The maximum absolute atomic E-state index is 11.4. The van der Waals surface area contributed by atoms with Gasteiger partial charge in [0, 0.05) is 25.2 Å². The fourth-order valence-corrected chi connectivity index (χ4v) is 2.15. The second-order valence-electron chi connectivity index (χ2n) is 4.93. The summed E-state index contributed by atoms with van der Waals surface area (Å²) in [6.45, 7) is 4.85. The van der Waals surface area contributed by atoms with Crippen molar-refractivity contribution in [2.75, 3.05) is 37.8 Å². The molecule has 122 valence electrons. The van der Waals surface area contributed by atoms with Crippen LogP contribution in [0.2, 0.25) is 0 Å². The van der Waals surface area contributed by atoms with Crippen LogP contribution in [0.4, 0.5) is 5.69 Å². The van der Waals surface area contributed by atoms with E-state index in [1.54, 1.807) is 6.08 Å². The number of aryl methyl sites for hydroxylation is 1. The van der Waals surface area contributed by atoms with E-state index in [-0.39, 0.29) is 25.8 Å². The quantitative estimate of drug-likeness (QED) is 0.479. The molecule has 0 saturated heterocycles. The normalized spacial score (nSPS) is 10.3. The molecule has 5 heteroatoms. The van der Waals surface area contributed by atoms with Gasteiger partial charge in [0.15, 0.2) is 0 Å². The molecule has 5 nitrogen and oxygen atoms in total. The summed E-state index contributed by atoms with van der Waals surface area (Å²) in [7, 11) is 0. The number of esters is 1. The summed E-state index contributed by atoms with van der Waals surface area (Å²) < 4.78 is 4.92. The van der Waals surface area contributed by atoms with Crippen molar-refractivity contribution < 1.29 is 19.7 Å². The number of aliphatic hydroxyl groups excluding tert-OH is 2. The summed E-state index contributed by atoms with van der Waals surface area (Å²) in [5.41, 5.74) is 2.12. The summed E-state index contributed by atoms with van der Waals surface area (Å²) in [5, 5.41) is 18.1. The lowest BCUT2D eigenvalue weighted by molar-refractivity contribution is -0.142. The number of anilines is 1. The molecule has 1 rings (SSSR count). The van der Waals surface area contributed by atoms with Gasteiger partial charge in [-0.2, -0.15) is 0 Å². The Morgan fingerprint density at radius 3 is 2.36 bits per heavy atom. The maximum Gasteiger partial charge on any atom is 0.306 e. The highest BCUT2D eigenvalue weighted by Gasteiger charge is 2.06. The summed E-state index contributed by atoms with van der Waals surface area (Å²) in [6.07, 6.45) is 3.51. The van der Waals surface area contributed by atoms with Crippen LogP contribution in [0.1, 0.15) is 18.4 Å². The van der Waals surface area contributed by atoms with Crippen LogP contribution in [0.5, 0.6) is 0 Å². The zero-order chi connectivity index (χ0) is 16.2. The number of carbonyl (C=O) groups is 1. The Hall–Kier alpha value is -1.85. The van der Waals surface area contributed by atoms with E-state index in [1.807, 2.05) is 29.2 Å². The Bertz CT molecular complexity index is 438. The van der Waals surface area contributed by atoms with Crippen molar-refractivity contribution in [1.29, 1.82) is 0 Å². The first-order valence-electron chi connectivity index (χ1n) is 7.53.